The van der Waals surface area contributed by atoms with Gasteiger partial charge in [-0.2, -0.15) is 0 Å². The molecule has 0 radical (unpaired) electrons. The molecule has 0 fully saturated rings. The first-order chi connectivity index (χ1) is 16.0. The fourth-order valence-corrected chi connectivity index (χ4v) is 3.91. The predicted molar refractivity (Wildman–Crippen MR) is 131 cm³/mol. The fourth-order valence-electron chi connectivity index (χ4n) is 3.21. The SMILES string of the molecule is O=C(CSc1ccc(NC(=O)c2cccc([N+](=O)[O-])c2)cc1)Nc1ccc2ccccc2c1. The highest BCUT2D eigenvalue weighted by atomic mass is 32.2. The molecule has 4 rings (SSSR count). The summed E-state index contributed by atoms with van der Waals surface area (Å²) in [5.41, 5.74) is 1.36. The van der Waals surface area contributed by atoms with Crippen LogP contribution in [0, 0.1) is 10.1 Å². The van der Waals surface area contributed by atoms with E-state index in [0.717, 1.165) is 21.4 Å². The summed E-state index contributed by atoms with van der Waals surface area (Å²) in [6.07, 6.45) is 0. The van der Waals surface area contributed by atoms with Gasteiger partial charge in [-0.05, 0) is 53.2 Å². The Kier molecular flexibility index (Phi) is 6.66. The van der Waals surface area contributed by atoms with Crippen molar-refractivity contribution in [2.75, 3.05) is 16.4 Å². The van der Waals surface area contributed by atoms with Crippen LogP contribution in [0.1, 0.15) is 10.4 Å². The first-order valence-electron chi connectivity index (χ1n) is 10.1. The van der Waals surface area contributed by atoms with E-state index < -0.39 is 10.8 Å². The predicted octanol–water partition coefficient (Wildman–Crippen LogP) is 5.73. The molecule has 0 aliphatic carbocycles. The molecule has 0 aromatic heterocycles. The normalized spacial score (nSPS) is 10.5. The molecule has 0 unspecified atom stereocenters. The van der Waals surface area contributed by atoms with Gasteiger partial charge in [0.25, 0.3) is 11.6 Å². The molecule has 0 saturated heterocycles. The van der Waals surface area contributed by atoms with Crippen LogP contribution in [0.4, 0.5) is 17.1 Å². The minimum Gasteiger partial charge on any atom is -0.325 e. The number of amides is 2. The molecular weight excluding hydrogens is 438 g/mol. The Balaban J connectivity index is 1.30. The molecule has 2 amide bonds. The van der Waals surface area contributed by atoms with Crippen molar-refractivity contribution in [3.63, 3.8) is 0 Å². The topological polar surface area (TPSA) is 101 Å². The van der Waals surface area contributed by atoms with E-state index in [-0.39, 0.29) is 22.9 Å². The summed E-state index contributed by atoms with van der Waals surface area (Å²) in [5, 5.41) is 18.7. The number of benzene rings is 4. The Morgan fingerprint density at radius 3 is 2.27 bits per heavy atom. The Hall–Kier alpha value is -4.17. The summed E-state index contributed by atoms with van der Waals surface area (Å²) in [7, 11) is 0. The third-order valence-corrected chi connectivity index (χ3v) is 5.85. The number of nitro benzene ring substituents is 1. The van der Waals surface area contributed by atoms with Crippen LogP contribution in [-0.2, 0) is 4.79 Å². The molecule has 33 heavy (non-hydrogen) atoms. The van der Waals surface area contributed by atoms with Crippen LogP contribution in [0.2, 0.25) is 0 Å². The largest absolute Gasteiger partial charge is 0.325 e. The zero-order valence-electron chi connectivity index (χ0n) is 17.4. The number of thioether (sulfide) groups is 1. The minimum absolute atomic E-state index is 0.113. The van der Waals surface area contributed by atoms with E-state index in [9.17, 15) is 19.7 Å². The number of non-ortho nitro benzene ring substituents is 1. The van der Waals surface area contributed by atoms with Crippen LogP contribution in [0.15, 0.2) is 95.9 Å². The van der Waals surface area contributed by atoms with E-state index in [2.05, 4.69) is 10.6 Å². The van der Waals surface area contributed by atoms with Crippen LogP contribution < -0.4 is 10.6 Å². The Morgan fingerprint density at radius 2 is 1.52 bits per heavy atom. The van der Waals surface area contributed by atoms with Crippen LogP contribution in [0.25, 0.3) is 10.8 Å². The smallest absolute Gasteiger partial charge is 0.270 e. The summed E-state index contributed by atoms with van der Waals surface area (Å²) < 4.78 is 0. The number of nitrogens with zero attached hydrogens (tertiary/aromatic N) is 1. The van der Waals surface area contributed by atoms with Gasteiger partial charge in [0.15, 0.2) is 0 Å². The highest BCUT2D eigenvalue weighted by Crippen LogP contribution is 2.23. The number of anilines is 2. The lowest BCUT2D eigenvalue weighted by Gasteiger charge is -2.08. The first kappa shape index (κ1) is 22.0. The molecule has 0 aliphatic heterocycles. The zero-order valence-corrected chi connectivity index (χ0v) is 18.2. The van der Waals surface area contributed by atoms with Crippen molar-refractivity contribution in [3.05, 3.63) is 107 Å². The van der Waals surface area contributed by atoms with Gasteiger partial charge < -0.3 is 10.6 Å². The second-order valence-corrected chi connectivity index (χ2v) is 8.23. The summed E-state index contributed by atoms with van der Waals surface area (Å²) in [6.45, 7) is 0. The lowest BCUT2D eigenvalue weighted by Crippen LogP contribution is -2.14. The molecule has 2 N–H and O–H groups in total. The standard InChI is InChI=1S/C25H19N3O4S/c29-24(26-21-9-8-17-4-1-2-5-18(17)14-21)16-33-23-12-10-20(11-13-23)27-25(30)19-6-3-7-22(15-19)28(31)32/h1-15H,16H2,(H,26,29)(H,27,30). The minimum atomic E-state index is -0.543. The fraction of sp³-hybridized carbons (Fsp3) is 0.0400. The van der Waals surface area contributed by atoms with E-state index >= 15 is 0 Å². The van der Waals surface area contributed by atoms with Crippen molar-refractivity contribution in [3.8, 4) is 0 Å². The number of hydrogen-bond acceptors (Lipinski definition) is 5. The van der Waals surface area contributed by atoms with Crippen molar-refractivity contribution in [2.45, 2.75) is 4.90 Å². The van der Waals surface area contributed by atoms with Gasteiger partial charge in [-0.1, -0.05) is 36.4 Å². The van der Waals surface area contributed by atoms with Crippen LogP contribution in [0.3, 0.4) is 0 Å². The quantitative estimate of drug-likeness (QED) is 0.210. The summed E-state index contributed by atoms with van der Waals surface area (Å²) >= 11 is 1.38. The second kappa shape index (κ2) is 9.97. The maximum Gasteiger partial charge on any atom is 0.270 e. The molecule has 0 aliphatic rings. The van der Waals surface area contributed by atoms with Gasteiger partial charge in [0.2, 0.25) is 5.91 Å². The summed E-state index contributed by atoms with van der Waals surface area (Å²) in [6, 6.07) is 26.3. The molecule has 164 valence electrons. The second-order valence-electron chi connectivity index (χ2n) is 7.18. The van der Waals surface area contributed by atoms with Crippen LogP contribution >= 0.6 is 11.8 Å². The number of carbonyl (C=O) groups is 2. The number of fused-ring (bicyclic) bond motifs is 1. The average molecular weight is 458 g/mol. The van der Waals surface area contributed by atoms with Crippen molar-refractivity contribution in [1.29, 1.82) is 0 Å². The molecule has 0 saturated carbocycles. The van der Waals surface area contributed by atoms with Crippen molar-refractivity contribution < 1.29 is 14.5 Å². The Labute approximate surface area is 194 Å². The van der Waals surface area contributed by atoms with Gasteiger partial charge in [-0.3, -0.25) is 19.7 Å². The van der Waals surface area contributed by atoms with Crippen LogP contribution in [0.5, 0.6) is 0 Å². The molecule has 8 heteroatoms. The van der Waals surface area contributed by atoms with Gasteiger partial charge in [-0.25, -0.2) is 0 Å². The summed E-state index contributed by atoms with van der Waals surface area (Å²) in [5.74, 6) is -0.307. The lowest BCUT2D eigenvalue weighted by atomic mass is 10.1. The zero-order chi connectivity index (χ0) is 23.2. The molecule has 0 spiro atoms. The van der Waals surface area contributed by atoms with Gasteiger partial charge in [0.1, 0.15) is 0 Å². The van der Waals surface area contributed by atoms with E-state index in [4.69, 9.17) is 0 Å². The number of hydrogen-bond donors (Lipinski definition) is 2. The van der Waals surface area contributed by atoms with Gasteiger partial charge in [0, 0.05) is 34.0 Å². The lowest BCUT2D eigenvalue weighted by molar-refractivity contribution is -0.384. The number of rotatable bonds is 7. The maximum atomic E-state index is 12.4. The van der Waals surface area contributed by atoms with Gasteiger partial charge >= 0.3 is 0 Å². The Bertz CT molecular complexity index is 1340. The number of nitrogens with one attached hydrogen (secondary N) is 2. The van der Waals surface area contributed by atoms with E-state index in [1.807, 2.05) is 42.5 Å². The molecule has 0 atom stereocenters. The molecule has 4 aromatic rings. The maximum absolute atomic E-state index is 12.4. The third kappa shape index (κ3) is 5.75. The third-order valence-electron chi connectivity index (χ3n) is 4.83. The van der Waals surface area contributed by atoms with E-state index in [0.29, 0.717) is 5.69 Å². The van der Waals surface area contributed by atoms with Crippen LogP contribution in [-0.4, -0.2) is 22.5 Å². The van der Waals surface area contributed by atoms with Crippen molar-refractivity contribution in [2.24, 2.45) is 0 Å². The van der Waals surface area contributed by atoms with Gasteiger partial charge in [0.05, 0.1) is 10.7 Å². The monoisotopic (exact) mass is 457 g/mol. The highest BCUT2D eigenvalue weighted by molar-refractivity contribution is 8.00. The van der Waals surface area contributed by atoms with E-state index in [1.165, 1.54) is 36.0 Å². The van der Waals surface area contributed by atoms with Gasteiger partial charge in [-0.15, -0.1) is 11.8 Å². The number of carbonyl (C=O) groups excluding carboxylic acids is 2. The highest BCUT2D eigenvalue weighted by Gasteiger charge is 2.12. The Morgan fingerprint density at radius 1 is 0.788 bits per heavy atom. The molecule has 4 aromatic carbocycles. The van der Waals surface area contributed by atoms with E-state index in [1.54, 1.807) is 24.3 Å². The first-order valence-corrected chi connectivity index (χ1v) is 11.0. The van der Waals surface area contributed by atoms with Crippen molar-refractivity contribution in [1.82, 2.24) is 0 Å². The molecule has 7 nitrogen and oxygen atoms in total. The molecular formula is C25H19N3O4S. The number of nitro groups is 1. The van der Waals surface area contributed by atoms with Crippen molar-refractivity contribution >= 4 is 51.4 Å². The molecule has 0 bridgehead atoms. The average Bonchev–Trinajstić information content (AvgIpc) is 2.83. The molecule has 0 heterocycles. The summed E-state index contributed by atoms with van der Waals surface area (Å²) in [4.78, 5) is 35.9.